The van der Waals surface area contributed by atoms with Crippen molar-refractivity contribution in [1.29, 1.82) is 0 Å². The molecular formula is C6H4F3N3OS. The van der Waals surface area contributed by atoms with Crippen LogP contribution in [-0.4, -0.2) is 15.4 Å². The average Bonchev–Trinajstić information content (AvgIpc) is 2.80. The minimum absolute atomic E-state index is 0.594. The molecule has 0 aromatic carbocycles. The van der Waals surface area contributed by atoms with Crippen LogP contribution in [0.5, 0.6) is 0 Å². The molecule has 0 saturated carbocycles. The Kier molecular flexibility index (Phi) is 3.57. The van der Waals surface area contributed by atoms with E-state index in [0.29, 0.717) is 11.3 Å². The molecule has 2 aromatic rings. The van der Waals surface area contributed by atoms with Gasteiger partial charge in [-0.3, -0.25) is 0 Å². The summed E-state index contributed by atoms with van der Waals surface area (Å²) in [5.41, 5.74) is 0. The fraction of sp³-hybridized carbons (Fsp3) is 0.167. The van der Waals surface area contributed by atoms with Crippen molar-refractivity contribution in [1.82, 2.24) is 15.4 Å². The van der Waals surface area contributed by atoms with Crippen molar-refractivity contribution in [3.05, 3.63) is 29.0 Å². The van der Waals surface area contributed by atoms with Crippen LogP contribution in [0.2, 0.25) is 0 Å². The van der Waals surface area contributed by atoms with Gasteiger partial charge in [0.05, 0.1) is 6.20 Å². The zero-order chi connectivity index (χ0) is 10.4. The Morgan fingerprint density at radius 1 is 1.29 bits per heavy atom. The van der Waals surface area contributed by atoms with Crippen molar-refractivity contribution in [2.45, 2.75) is 6.18 Å². The molecule has 2 aromatic heterocycles. The summed E-state index contributed by atoms with van der Waals surface area (Å²) in [7, 11) is 0. The Morgan fingerprint density at radius 3 is 2.29 bits per heavy atom. The fourth-order valence-corrected chi connectivity index (χ4v) is 1.01. The summed E-state index contributed by atoms with van der Waals surface area (Å²) in [4.78, 5) is 3.08. The maximum atomic E-state index is 11.6. The molecule has 14 heavy (non-hydrogen) atoms. The molecule has 0 unspecified atom stereocenters. The van der Waals surface area contributed by atoms with Gasteiger partial charge in [0, 0.05) is 16.8 Å². The summed E-state index contributed by atoms with van der Waals surface area (Å²) in [6.07, 6.45) is -0.262. The molecule has 2 heterocycles. The minimum Gasteiger partial charge on any atom is -0.346 e. The molecule has 0 bridgehead atoms. The average molecular weight is 223 g/mol. The standard InChI is InChI=1S/C4H2F3NS.C2H2N2O/c5-4(6,7)3-8-1-2-9-3;1-2-5-4-3-1/h1-2H;1-2H. The maximum absolute atomic E-state index is 11.6. The largest absolute Gasteiger partial charge is 0.443 e. The van der Waals surface area contributed by atoms with E-state index in [4.69, 9.17) is 0 Å². The summed E-state index contributed by atoms with van der Waals surface area (Å²) in [5, 5.41) is 6.91. The van der Waals surface area contributed by atoms with Gasteiger partial charge in [0.15, 0.2) is 5.01 Å². The summed E-state index contributed by atoms with van der Waals surface area (Å²) in [5.74, 6) is 0. The number of thiazole rings is 1. The van der Waals surface area contributed by atoms with E-state index >= 15 is 0 Å². The molecule has 0 fully saturated rings. The minimum atomic E-state index is -4.27. The summed E-state index contributed by atoms with van der Waals surface area (Å²) in [6, 6.07) is 0. The molecule has 0 aliphatic heterocycles. The second kappa shape index (κ2) is 4.70. The first-order valence-electron chi connectivity index (χ1n) is 3.28. The topological polar surface area (TPSA) is 51.8 Å². The molecule has 4 nitrogen and oxygen atoms in total. The summed E-state index contributed by atoms with van der Waals surface area (Å²) >= 11 is 0.594. The van der Waals surface area contributed by atoms with Crippen molar-refractivity contribution >= 4 is 11.3 Å². The van der Waals surface area contributed by atoms with Crippen LogP contribution in [0.3, 0.4) is 0 Å². The maximum Gasteiger partial charge on any atom is 0.443 e. The molecule has 0 amide bonds. The Bertz CT molecular complexity index is 314. The van der Waals surface area contributed by atoms with Gasteiger partial charge >= 0.3 is 6.18 Å². The lowest BCUT2D eigenvalue weighted by Crippen LogP contribution is -2.02. The number of rotatable bonds is 0. The van der Waals surface area contributed by atoms with Crippen LogP contribution in [0.4, 0.5) is 13.2 Å². The summed E-state index contributed by atoms with van der Waals surface area (Å²) < 4.78 is 38.9. The van der Waals surface area contributed by atoms with Crippen LogP contribution >= 0.6 is 11.3 Å². The normalized spacial score (nSPS) is 10.5. The first-order chi connectivity index (χ1) is 6.61. The van der Waals surface area contributed by atoms with Gasteiger partial charge in [-0.05, 0) is 0 Å². The molecule has 0 aliphatic carbocycles. The first-order valence-corrected chi connectivity index (χ1v) is 4.16. The van der Waals surface area contributed by atoms with E-state index in [1.54, 1.807) is 0 Å². The van der Waals surface area contributed by atoms with Crippen molar-refractivity contribution < 1.29 is 17.7 Å². The van der Waals surface area contributed by atoms with E-state index in [-0.39, 0.29) is 0 Å². The lowest BCUT2D eigenvalue weighted by molar-refractivity contribution is -0.137. The number of hydrogen-bond donors (Lipinski definition) is 0. The van der Waals surface area contributed by atoms with Crippen LogP contribution in [0.1, 0.15) is 5.01 Å². The lowest BCUT2D eigenvalue weighted by atomic mass is 10.7. The summed E-state index contributed by atoms with van der Waals surface area (Å²) in [6.45, 7) is 0. The van der Waals surface area contributed by atoms with Crippen LogP contribution in [0.25, 0.3) is 0 Å². The molecule has 8 heteroatoms. The first kappa shape index (κ1) is 10.6. The second-order valence-corrected chi connectivity index (χ2v) is 2.82. The smallest absolute Gasteiger partial charge is 0.346 e. The molecule has 2 rings (SSSR count). The highest BCUT2D eigenvalue weighted by Crippen LogP contribution is 2.30. The van der Waals surface area contributed by atoms with Crippen molar-refractivity contribution in [3.63, 3.8) is 0 Å². The van der Waals surface area contributed by atoms with E-state index in [9.17, 15) is 13.2 Å². The van der Waals surface area contributed by atoms with Gasteiger partial charge in [-0.1, -0.05) is 0 Å². The van der Waals surface area contributed by atoms with Crippen LogP contribution < -0.4 is 0 Å². The second-order valence-electron chi connectivity index (χ2n) is 1.92. The fourth-order valence-electron chi connectivity index (χ4n) is 0.500. The van der Waals surface area contributed by atoms with E-state index in [2.05, 4.69) is 19.9 Å². The van der Waals surface area contributed by atoms with Crippen molar-refractivity contribution in [2.75, 3.05) is 0 Å². The number of halogens is 3. The van der Waals surface area contributed by atoms with Crippen molar-refractivity contribution in [3.8, 4) is 0 Å². The zero-order valence-electron chi connectivity index (χ0n) is 6.60. The van der Waals surface area contributed by atoms with E-state index < -0.39 is 11.2 Å². The van der Waals surface area contributed by atoms with Crippen LogP contribution in [0.15, 0.2) is 28.6 Å². The number of hydrogen-bond acceptors (Lipinski definition) is 5. The Hall–Kier alpha value is -1.44. The monoisotopic (exact) mass is 223 g/mol. The highest BCUT2D eigenvalue weighted by molar-refractivity contribution is 7.09. The Balaban J connectivity index is 0.000000165. The third-order valence-corrected chi connectivity index (χ3v) is 1.78. The molecular weight excluding hydrogens is 219 g/mol. The third kappa shape index (κ3) is 3.52. The zero-order valence-corrected chi connectivity index (χ0v) is 7.42. The predicted octanol–water partition coefficient (Wildman–Crippen LogP) is 2.23. The quantitative estimate of drug-likeness (QED) is 0.687. The van der Waals surface area contributed by atoms with Crippen LogP contribution in [-0.2, 0) is 6.18 Å². The van der Waals surface area contributed by atoms with Gasteiger partial charge in [0.2, 0.25) is 0 Å². The predicted molar refractivity (Wildman–Crippen MR) is 41.4 cm³/mol. The molecule has 0 spiro atoms. The molecule has 0 N–H and O–H groups in total. The lowest BCUT2D eigenvalue weighted by Gasteiger charge is -1.97. The van der Waals surface area contributed by atoms with E-state index in [1.807, 2.05) is 0 Å². The van der Waals surface area contributed by atoms with Gasteiger partial charge < -0.3 is 4.52 Å². The van der Waals surface area contributed by atoms with E-state index in [1.165, 1.54) is 17.8 Å². The number of aromatic nitrogens is 3. The molecule has 0 saturated heterocycles. The van der Waals surface area contributed by atoms with Gasteiger partial charge in [-0.25, -0.2) is 4.98 Å². The highest BCUT2D eigenvalue weighted by Gasteiger charge is 2.33. The number of nitrogens with zero attached hydrogens (tertiary/aromatic N) is 3. The molecule has 0 aliphatic rings. The van der Waals surface area contributed by atoms with Gasteiger partial charge in [0.25, 0.3) is 0 Å². The van der Waals surface area contributed by atoms with Gasteiger partial charge in [-0.2, -0.15) is 13.2 Å². The molecule has 76 valence electrons. The van der Waals surface area contributed by atoms with Crippen molar-refractivity contribution in [2.24, 2.45) is 0 Å². The van der Waals surface area contributed by atoms with Gasteiger partial charge in [0.1, 0.15) is 6.26 Å². The highest BCUT2D eigenvalue weighted by atomic mass is 32.1. The van der Waals surface area contributed by atoms with E-state index in [0.717, 1.165) is 6.20 Å². The van der Waals surface area contributed by atoms with Gasteiger partial charge in [-0.15, -0.1) is 16.4 Å². The number of alkyl halides is 3. The Labute approximate surface area is 80.4 Å². The molecule has 0 radical (unpaired) electrons. The SMILES string of the molecule is FC(F)(F)c1nccs1.c1conn1. The third-order valence-electron chi connectivity index (χ3n) is 0.957. The molecule has 0 atom stereocenters. The van der Waals surface area contributed by atoms with Crippen LogP contribution in [0, 0.1) is 0 Å². The Morgan fingerprint density at radius 2 is 2.07 bits per heavy atom.